The molecular weight excluding hydrogens is 260 g/mol. The summed E-state index contributed by atoms with van der Waals surface area (Å²) in [6.45, 7) is 1.56. The summed E-state index contributed by atoms with van der Waals surface area (Å²) < 4.78 is 5.77. The van der Waals surface area contributed by atoms with Gasteiger partial charge < -0.3 is 4.42 Å². The fourth-order valence-electron chi connectivity index (χ4n) is 2.02. The maximum atomic E-state index is 11.4. The molecule has 0 saturated heterocycles. The van der Waals surface area contributed by atoms with Crippen molar-refractivity contribution in [3.05, 3.63) is 59.1 Å². The predicted molar refractivity (Wildman–Crippen MR) is 76.7 cm³/mol. The molecule has 2 aromatic carbocycles. The predicted octanol–water partition coefficient (Wildman–Crippen LogP) is 4.96. The van der Waals surface area contributed by atoms with Crippen LogP contribution in [0, 0.1) is 0 Å². The van der Waals surface area contributed by atoms with Crippen molar-refractivity contribution in [3.8, 4) is 11.3 Å². The third-order valence-corrected chi connectivity index (χ3v) is 3.30. The van der Waals surface area contributed by atoms with Gasteiger partial charge in [0.1, 0.15) is 11.3 Å². The molecule has 0 aliphatic rings. The van der Waals surface area contributed by atoms with Gasteiger partial charge in [0.15, 0.2) is 5.78 Å². The third-order valence-electron chi connectivity index (χ3n) is 3.05. The van der Waals surface area contributed by atoms with Crippen LogP contribution in [0.4, 0.5) is 0 Å². The highest BCUT2D eigenvalue weighted by Gasteiger charge is 2.08. The molecule has 0 fully saturated rings. The number of hydrogen-bond acceptors (Lipinski definition) is 2. The fraction of sp³-hybridized carbons (Fsp3) is 0.0625. The van der Waals surface area contributed by atoms with Crippen molar-refractivity contribution < 1.29 is 9.21 Å². The Bertz CT molecular complexity index is 754. The van der Waals surface area contributed by atoms with E-state index in [1.165, 1.54) is 0 Å². The van der Waals surface area contributed by atoms with Gasteiger partial charge in [-0.2, -0.15) is 0 Å². The second kappa shape index (κ2) is 4.56. The van der Waals surface area contributed by atoms with Crippen LogP contribution in [0.2, 0.25) is 5.02 Å². The van der Waals surface area contributed by atoms with Crippen LogP contribution in [-0.4, -0.2) is 5.78 Å². The van der Waals surface area contributed by atoms with Crippen molar-refractivity contribution >= 4 is 28.4 Å². The van der Waals surface area contributed by atoms with Crippen LogP contribution in [0.3, 0.4) is 0 Å². The molecule has 3 aromatic rings. The molecule has 94 valence electrons. The minimum absolute atomic E-state index is 0.0520. The van der Waals surface area contributed by atoms with Gasteiger partial charge in [0.25, 0.3) is 0 Å². The van der Waals surface area contributed by atoms with E-state index in [0.29, 0.717) is 10.6 Å². The second-order valence-electron chi connectivity index (χ2n) is 4.43. The average Bonchev–Trinajstić information content (AvgIpc) is 2.82. The van der Waals surface area contributed by atoms with Gasteiger partial charge in [-0.3, -0.25) is 4.79 Å². The van der Waals surface area contributed by atoms with Gasteiger partial charge in [-0.15, -0.1) is 0 Å². The molecule has 19 heavy (non-hydrogen) atoms. The monoisotopic (exact) mass is 270 g/mol. The van der Waals surface area contributed by atoms with Gasteiger partial charge in [-0.05, 0) is 55.5 Å². The Kier molecular flexibility index (Phi) is 2.88. The Morgan fingerprint density at radius 3 is 2.47 bits per heavy atom. The molecule has 0 N–H and O–H groups in total. The van der Waals surface area contributed by atoms with E-state index >= 15 is 0 Å². The number of rotatable bonds is 2. The van der Waals surface area contributed by atoms with E-state index in [0.717, 1.165) is 22.3 Å². The molecule has 0 aliphatic heterocycles. The van der Waals surface area contributed by atoms with Gasteiger partial charge in [0, 0.05) is 21.5 Å². The largest absolute Gasteiger partial charge is 0.456 e. The Morgan fingerprint density at radius 1 is 1.05 bits per heavy atom. The SMILES string of the molecule is CC(=O)c1ccc2oc(-c3ccc(Cl)cc3)cc2c1. The zero-order valence-corrected chi connectivity index (χ0v) is 11.1. The average molecular weight is 271 g/mol. The summed E-state index contributed by atoms with van der Waals surface area (Å²) in [4.78, 5) is 11.4. The Morgan fingerprint density at radius 2 is 1.79 bits per heavy atom. The normalized spacial score (nSPS) is 10.8. The number of Topliss-reactive ketones (excluding diaryl/α,β-unsaturated/α-hetero) is 1. The lowest BCUT2D eigenvalue weighted by atomic mass is 10.1. The van der Waals surface area contributed by atoms with Gasteiger partial charge in [-0.1, -0.05) is 11.6 Å². The molecule has 0 radical (unpaired) electrons. The van der Waals surface area contributed by atoms with Crippen molar-refractivity contribution in [1.29, 1.82) is 0 Å². The maximum Gasteiger partial charge on any atom is 0.159 e. The highest BCUT2D eigenvalue weighted by molar-refractivity contribution is 6.30. The summed E-state index contributed by atoms with van der Waals surface area (Å²) in [5.74, 6) is 0.823. The lowest BCUT2D eigenvalue weighted by molar-refractivity contribution is 0.101. The topological polar surface area (TPSA) is 30.2 Å². The summed E-state index contributed by atoms with van der Waals surface area (Å²) in [5.41, 5.74) is 2.43. The Labute approximate surface area is 115 Å². The van der Waals surface area contributed by atoms with Crippen LogP contribution in [-0.2, 0) is 0 Å². The lowest BCUT2D eigenvalue weighted by Gasteiger charge is -1.95. The molecular formula is C16H11ClO2. The van der Waals surface area contributed by atoms with Crippen LogP contribution in [0.1, 0.15) is 17.3 Å². The van der Waals surface area contributed by atoms with E-state index < -0.39 is 0 Å². The zero-order chi connectivity index (χ0) is 13.4. The molecule has 1 aromatic heterocycles. The van der Waals surface area contributed by atoms with E-state index in [2.05, 4.69) is 0 Å². The van der Waals surface area contributed by atoms with Gasteiger partial charge in [-0.25, -0.2) is 0 Å². The molecule has 3 heteroatoms. The summed E-state index contributed by atoms with van der Waals surface area (Å²) in [7, 11) is 0. The molecule has 0 saturated carbocycles. The first kappa shape index (κ1) is 12.0. The standard InChI is InChI=1S/C16H11ClO2/c1-10(18)12-4-7-15-13(8-12)9-16(19-15)11-2-5-14(17)6-3-11/h2-9H,1H3. The minimum Gasteiger partial charge on any atom is -0.456 e. The van der Waals surface area contributed by atoms with Crippen molar-refractivity contribution in [2.75, 3.05) is 0 Å². The number of benzene rings is 2. The lowest BCUT2D eigenvalue weighted by Crippen LogP contribution is -1.89. The van der Waals surface area contributed by atoms with Crippen LogP contribution >= 0.6 is 11.6 Å². The van der Waals surface area contributed by atoms with Crippen LogP contribution in [0.5, 0.6) is 0 Å². The number of carbonyl (C=O) groups excluding carboxylic acids is 1. The maximum absolute atomic E-state index is 11.4. The van der Waals surface area contributed by atoms with Crippen molar-refractivity contribution in [2.24, 2.45) is 0 Å². The molecule has 0 aliphatic carbocycles. The van der Waals surface area contributed by atoms with Crippen LogP contribution < -0.4 is 0 Å². The van der Waals surface area contributed by atoms with Gasteiger partial charge >= 0.3 is 0 Å². The molecule has 0 bridgehead atoms. The molecule has 2 nitrogen and oxygen atoms in total. The molecule has 3 rings (SSSR count). The van der Waals surface area contributed by atoms with Gasteiger partial charge in [0.2, 0.25) is 0 Å². The first-order valence-corrected chi connectivity index (χ1v) is 6.32. The highest BCUT2D eigenvalue weighted by Crippen LogP contribution is 2.29. The Balaban J connectivity index is 2.11. The minimum atomic E-state index is 0.0520. The number of hydrogen-bond donors (Lipinski definition) is 0. The van der Waals surface area contributed by atoms with Gasteiger partial charge in [0.05, 0.1) is 0 Å². The summed E-state index contributed by atoms with van der Waals surface area (Å²) in [5, 5.41) is 1.62. The van der Waals surface area contributed by atoms with E-state index in [1.54, 1.807) is 13.0 Å². The van der Waals surface area contributed by atoms with Crippen molar-refractivity contribution in [3.63, 3.8) is 0 Å². The number of fused-ring (bicyclic) bond motifs is 1. The molecule has 0 unspecified atom stereocenters. The summed E-state index contributed by atoms with van der Waals surface area (Å²) in [6, 6.07) is 14.9. The van der Waals surface area contributed by atoms with Crippen molar-refractivity contribution in [1.82, 2.24) is 0 Å². The van der Waals surface area contributed by atoms with Crippen LogP contribution in [0.15, 0.2) is 52.9 Å². The Hall–Kier alpha value is -2.06. The van der Waals surface area contributed by atoms with Crippen molar-refractivity contribution in [2.45, 2.75) is 6.92 Å². The number of furan rings is 1. The first-order chi connectivity index (χ1) is 9.13. The fourth-order valence-corrected chi connectivity index (χ4v) is 2.14. The van der Waals surface area contributed by atoms with E-state index in [4.69, 9.17) is 16.0 Å². The number of halogens is 1. The summed E-state index contributed by atoms with van der Waals surface area (Å²) in [6.07, 6.45) is 0. The summed E-state index contributed by atoms with van der Waals surface area (Å²) >= 11 is 5.87. The third kappa shape index (κ3) is 2.27. The van der Waals surface area contributed by atoms with E-state index in [1.807, 2.05) is 42.5 Å². The zero-order valence-electron chi connectivity index (χ0n) is 10.3. The number of ketones is 1. The quantitative estimate of drug-likeness (QED) is 0.616. The highest BCUT2D eigenvalue weighted by atomic mass is 35.5. The molecule has 0 atom stereocenters. The molecule has 0 spiro atoms. The van der Waals surface area contributed by atoms with E-state index in [9.17, 15) is 4.79 Å². The number of carbonyl (C=O) groups is 1. The second-order valence-corrected chi connectivity index (χ2v) is 4.86. The smallest absolute Gasteiger partial charge is 0.159 e. The molecule has 0 amide bonds. The van der Waals surface area contributed by atoms with E-state index in [-0.39, 0.29) is 5.78 Å². The molecule has 1 heterocycles. The first-order valence-electron chi connectivity index (χ1n) is 5.94. The van der Waals surface area contributed by atoms with Crippen LogP contribution in [0.25, 0.3) is 22.3 Å².